The van der Waals surface area contributed by atoms with Crippen LogP contribution in [-0.2, 0) is 4.79 Å². The van der Waals surface area contributed by atoms with E-state index in [4.69, 9.17) is 10.9 Å². The molecule has 0 saturated carbocycles. The highest BCUT2D eigenvalue weighted by Gasteiger charge is 2.16. The fourth-order valence-electron chi connectivity index (χ4n) is 2.19. The Morgan fingerprint density at radius 2 is 1.80 bits per heavy atom. The van der Waals surface area contributed by atoms with E-state index in [1.807, 2.05) is 24.3 Å². The molecule has 3 rings (SSSR count). The third-order valence-electron chi connectivity index (χ3n) is 3.40. The number of benzene rings is 2. The number of hydrazone groups is 1. The number of aromatic nitrogens is 1. The second-order valence-corrected chi connectivity index (χ2v) is 7.27. The maximum Gasteiger partial charge on any atom is 0.335 e. The first-order valence-corrected chi connectivity index (χ1v) is 9.02. The molecule has 0 aliphatic heterocycles. The summed E-state index contributed by atoms with van der Waals surface area (Å²) in [7, 11) is 0. The summed E-state index contributed by atoms with van der Waals surface area (Å²) in [5.41, 5.74) is 1.64. The van der Waals surface area contributed by atoms with Crippen LogP contribution in [0, 0.1) is 0 Å². The number of nitrogens with zero attached hydrogens (tertiary/aromatic N) is 2. The van der Waals surface area contributed by atoms with Crippen LogP contribution in [0.15, 0.2) is 58.0 Å². The number of carboxylic acid groups (broad SMARTS) is 1. The molecular formula is C17H13N3O3S2. The molecule has 0 amide bonds. The van der Waals surface area contributed by atoms with Crippen LogP contribution in [0.2, 0.25) is 0 Å². The average molecular weight is 371 g/mol. The Morgan fingerprint density at radius 1 is 1.12 bits per heavy atom. The Balaban J connectivity index is 1.71. The van der Waals surface area contributed by atoms with Gasteiger partial charge >= 0.3 is 5.97 Å². The van der Waals surface area contributed by atoms with Gasteiger partial charge in [-0.25, -0.2) is 9.78 Å². The fraction of sp³-hybridized carbons (Fsp3) is 0.0588. The Hall–Kier alpha value is -2.71. The number of Topliss-reactive ketones (excluding diaryl/α,β-unsaturated/α-hetero) is 1. The normalized spacial score (nSPS) is 11.6. The SMILES string of the molecule is N/N=C(/C(=O)CSc1nc2ccccc2s1)c1ccc(C(=O)O)cc1. The third kappa shape index (κ3) is 3.86. The van der Waals surface area contributed by atoms with Crippen LogP contribution in [0.5, 0.6) is 0 Å². The molecule has 25 heavy (non-hydrogen) atoms. The van der Waals surface area contributed by atoms with Gasteiger partial charge < -0.3 is 10.9 Å². The summed E-state index contributed by atoms with van der Waals surface area (Å²) in [6.45, 7) is 0. The maximum atomic E-state index is 12.4. The van der Waals surface area contributed by atoms with Gasteiger partial charge in [0.2, 0.25) is 0 Å². The van der Waals surface area contributed by atoms with Gasteiger partial charge in [-0.05, 0) is 24.3 Å². The Kier molecular flexibility index (Phi) is 5.11. The zero-order chi connectivity index (χ0) is 17.8. The summed E-state index contributed by atoms with van der Waals surface area (Å²) in [5.74, 6) is 4.24. The molecule has 2 aromatic carbocycles. The number of thioether (sulfide) groups is 1. The van der Waals surface area contributed by atoms with Crippen molar-refractivity contribution in [2.24, 2.45) is 10.9 Å². The van der Waals surface area contributed by atoms with E-state index in [1.165, 1.54) is 47.4 Å². The number of hydrogen-bond donors (Lipinski definition) is 2. The first-order chi connectivity index (χ1) is 12.1. The lowest BCUT2D eigenvalue weighted by Gasteiger charge is -2.04. The van der Waals surface area contributed by atoms with Gasteiger partial charge in [-0.2, -0.15) is 5.10 Å². The summed E-state index contributed by atoms with van der Waals surface area (Å²) >= 11 is 2.85. The highest BCUT2D eigenvalue weighted by atomic mass is 32.2. The minimum Gasteiger partial charge on any atom is -0.478 e. The van der Waals surface area contributed by atoms with Crippen molar-refractivity contribution in [2.75, 3.05) is 5.75 Å². The van der Waals surface area contributed by atoms with Crippen LogP contribution in [0.3, 0.4) is 0 Å². The number of rotatable bonds is 6. The number of carbonyl (C=O) groups excluding carboxylic acids is 1. The molecule has 8 heteroatoms. The van der Waals surface area contributed by atoms with Crippen LogP contribution in [-0.4, -0.2) is 33.3 Å². The molecule has 0 spiro atoms. The van der Waals surface area contributed by atoms with Crippen molar-refractivity contribution in [3.8, 4) is 0 Å². The number of para-hydroxylation sites is 1. The summed E-state index contributed by atoms with van der Waals surface area (Å²) in [6.07, 6.45) is 0. The molecule has 0 unspecified atom stereocenters. The van der Waals surface area contributed by atoms with Crippen molar-refractivity contribution < 1.29 is 14.7 Å². The van der Waals surface area contributed by atoms with Crippen LogP contribution >= 0.6 is 23.1 Å². The van der Waals surface area contributed by atoms with Crippen molar-refractivity contribution in [1.29, 1.82) is 0 Å². The van der Waals surface area contributed by atoms with E-state index in [0.29, 0.717) is 5.56 Å². The summed E-state index contributed by atoms with van der Waals surface area (Å²) in [6, 6.07) is 13.6. The first-order valence-electron chi connectivity index (χ1n) is 7.21. The summed E-state index contributed by atoms with van der Waals surface area (Å²) in [5, 5.41) is 12.5. The van der Waals surface area contributed by atoms with Crippen LogP contribution in [0.25, 0.3) is 10.2 Å². The van der Waals surface area contributed by atoms with Gasteiger partial charge in [-0.15, -0.1) is 11.3 Å². The number of nitrogens with two attached hydrogens (primary N) is 1. The van der Waals surface area contributed by atoms with Crippen molar-refractivity contribution in [3.63, 3.8) is 0 Å². The van der Waals surface area contributed by atoms with E-state index >= 15 is 0 Å². The topological polar surface area (TPSA) is 106 Å². The monoisotopic (exact) mass is 371 g/mol. The minimum atomic E-state index is -1.03. The molecule has 0 bridgehead atoms. The molecule has 3 N–H and O–H groups in total. The lowest BCUT2D eigenvalue weighted by atomic mass is 10.1. The van der Waals surface area contributed by atoms with Crippen molar-refractivity contribution >= 4 is 50.8 Å². The molecule has 126 valence electrons. The van der Waals surface area contributed by atoms with Crippen LogP contribution in [0.1, 0.15) is 15.9 Å². The van der Waals surface area contributed by atoms with Crippen molar-refractivity contribution in [1.82, 2.24) is 4.98 Å². The molecule has 0 fully saturated rings. The maximum absolute atomic E-state index is 12.4. The van der Waals surface area contributed by atoms with Gasteiger partial charge in [0.15, 0.2) is 10.1 Å². The molecular weight excluding hydrogens is 358 g/mol. The van der Waals surface area contributed by atoms with E-state index in [-0.39, 0.29) is 22.8 Å². The predicted octanol–water partition coefficient (Wildman–Crippen LogP) is 3.02. The first kappa shape index (κ1) is 17.1. The predicted molar refractivity (Wildman–Crippen MR) is 99.5 cm³/mol. The van der Waals surface area contributed by atoms with Crippen LogP contribution < -0.4 is 5.84 Å². The van der Waals surface area contributed by atoms with Gasteiger partial charge in [-0.3, -0.25) is 4.79 Å². The quantitative estimate of drug-likeness (QED) is 0.299. The van der Waals surface area contributed by atoms with Gasteiger partial charge in [0.05, 0.1) is 21.5 Å². The third-order valence-corrected chi connectivity index (χ3v) is 5.58. The zero-order valence-electron chi connectivity index (χ0n) is 12.9. The van der Waals surface area contributed by atoms with Crippen molar-refractivity contribution in [2.45, 2.75) is 4.34 Å². The van der Waals surface area contributed by atoms with Gasteiger partial charge in [-0.1, -0.05) is 36.0 Å². The number of hydrogen-bond acceptors (Lipinski definition) is 7. The van der Waals surface area contributed by atoms with E-state index in [1.54, 1.807) is 0 Å². The molecule has 0 saturated heterocycles. The van der Waals surface area contributed by atoms with Crippen LogP contribution in [0.4, 0.5) is 0 Å². The molecule has 0 aliphatic carbocycles. The second-order valence-electron chi connectivity index (χ2n) is 5.02. The largest absolute Gasteiger partial charge is 0.478 e. The van der Waals surface area contributed by atoms with Crippen molar-refractivity contribution in [3.05, 3.63) is 59.7 Å². The molecule has 3 aromatic rings. The molecule has 0 atom stereocenters. The molecule has 6 nitrogen and oxygen atoms in total. The Morgan fingerprint density at radius 3 is 2.44 bits per heavy atom. The van der Waals surface area contributed by atoms with Gasteiger partial charge in [0.1, 0.15) is 5.71 Å². The number of aromatic carboxylic acids is 1. The number of carbonyl (C=O) groups is 2. The van der Waals surface area contributed by atoms with E-state index in [9.17, 15) is 9.59 Å². The smallest absolute Gasteiger partial charge is 0.335 e. The summed E-state index contributed by atoms with van der Waals surface area (Å²) in [4.78, 5) is 27.8. The lowest BCUT2D eigenvalue weighted by Crippen LogP contribution is -2.19. The highest BCUT2D eigenvalue weighted by molar-refractivity contribution is 8.01. The number of ketones is 1. The molecule has 1 aromatic heterocycles. The average Bonchev–Trinajstić information content (AvgIpc) is 3.04. The van der Waals surface area contributed by atoms with Gasteiger partial charge in [0, 0.05) is 5.56 Å². The highest BCUT2D eigenvalue weighted by Crippen LogP contribution is 2.29. The molecule has 0 aliphatic rings. The zero-order valence-corrected chi connectivity index (χ0v) is 14.5. The fourth-order valence-corrected chi connectivity index (χ4v) is 4.12. The van der Waals surface area contributed by atoms with E-state index in [0.717, 1.165) is 14.6 Å². The van der Waals surface area contributed by atoms with E-state index < -0.39 is 5.97 Å². The number of thiazole rings is 1. The number of fused-ring (bicyclic) bond motifs is 1. The standard InChI is InChI=1S/C17H13N3O3S2/c18-20-15(10-5-7-11(8-6-10)16(22)23)13(21)9-24-17-19-12-3-1-2-4-14(12)25-17/h1-8H,9,18H2,(H,22,23)/b20-15+. The van der Waals surface area contributed by atoms with Gasteiger partial charge in [0.25, 0.3) is 0 Å². The summed E-state index contributed by atoms with van der Waals surface area (Å²) < 4.78 is 1.86. The lowest BCUT2D eigenvalue weighted by molar-refractivity contribution is -0.110. The Labute approximate surface area is 151 Å². The molecule has 1 heterocycles. The number of carboxylic acids is 1. The Bertz CT molecular complexity index is 932. The minimum absolute atomic E-state index is 0.116. The van der Waals surface area contributed by atoms with E-state index in [2.05, 4.69) is 10.1 Å². The second kappa shape index (κ2) is 7.45. The molecule has 0 radical (unpaired) electrons.